The molecule has 2 heterocycles. The molecule has 10 nitrogen and oxygen atoms in total. The molecule has 3 amide bonds. The number of halogens is 3. The molecular formula is C31H29F3N6O4S. The Hall–Kier alpha value is -4.85. The maximum atomic E-state index is 13.0. The smallest absolute Gasteiger partial charge is 0.497 e. The van der Waals surface area contributed by atoms with Gasteiger partial charge in [-0.05, 0) is 54.3 Å². The van der Waals surface area contributed by atoms with Gasteiger partial charge in [0.15, 0.2) is 11.0 Å². The van der Waals surface area contributed by atoms with Gasteiger partial charge in [0.2, 0.25) is 5.91 Å². The van der Waals surface area contributed by atoms with Gasteiger partial charge in [-0.3, -0.25) is 9.69 Å². The summed E-state index contributed by atoms with van der Waals surface area (Å²) in [5.74, 6) is 0.782. The Balaban J connectivity index is 1.26. The van der Waals surface area contributed by atoms with Gasteiger partial charge in [0.25, 0.3) is 0 Å². The van der Waals surface area contributed by atoms with Gasteiger partial charge in [-0.25, -0.2) is 14.5 Å². The van der Waals surface area contributed by atoms with Gasteiger partial charge in [0, 0.05) is 11.6 Å². The van der Waals surface area contributed by atoms with Gasteiger partial charge in [-0.1, -0.05) is 55.9 Å². The molecule has 0 spiro atoms. The van der Waals surface area contributed by atoms with Crippen molar-refractivity contribution in [2.75, 3.05) is 17.8 Å². The number of methoxy groups -OCH3 is 1. The zero-order valence-corrected chi connectivity index (χ0v) is 25.5. The van der Waals surface area contributed by atoms with Crippen LogP contribution >= 0.6 is 11.8 Å². The molecule has 3 aromatic carbocycles. The van der Waals surface area contributed by atoms with E-state index < -0.39 is 18.4 Å². The normalized spacial score (nSPS) is 15.1. The molecule has 1 N–H and O–H groups in total. The molecule has 0 saturated carbocycles. The predicted octanol–water partition coefficient (Wildman–Crippen LogP) is 6.87. The number of amides is 3. The van der Waals surface area contributed by atoms with Crippen LogP contribution in [0.25, 0.3) is 17.1 Å². The molecule has 0 radical (unpaired) electrons. The molecule has 1 aromatic heterocycles. The summed E-state index contributed by atoms with van der Waals surface area (Å²) in [7, 11) is 1.55. The topological polar surface area (TPSA) is 111 Å². The van der Waals surface area contributed by atoms with E-state index in [-0.39, 0.29) is 23.3 Å². The number of anilines is 1. The molecule has 1 aliphatic rings. The number of nitrogens with zero attached hydrogens (tertiary/aromatic N) is 5. The average Bonchev–Trinajstić information content (AvgIpc) is 3.63. The first-order chi connectivity index (χ1) is 21.4. The summed E-state index contributed by atoms with van der Waals surface area (Å²) >= 11 is 1.20. The first-order valence-electron chi connectivity index (χ1n) is 13.8. The van der Waals surface area contributed by atoms with Crippen LogP contribution in [0, 0.1) is 0 Å². The Morgan fingerprint density at radius 1 is 1.02 bits per heavy atom. The van der Waals surface area contributed by atoms with Crippen LogP contribution in [0.2, 0.25) is 0 Å². The molecule has 14 heteroatoms. The maximum absolute atomic E-state index is 13.0. The second kappa shape index (κ2) is 13.0. The lowest BCUT2D eigenvalue weighted by Crippen LogP contribution is -2.32. The fourth-order valence-corrected chi connectivity index (χ4v) is 5.50. The number of thioether (sulfide) groups is 1. The van der Waals surface area contributed by atoms with Gasteiger partial charge >= 0.3 is 12.4 Å². The van der Waals surface area contributed by atoms with Crippen LogP contribution in [-0.4, -0.2) is 51.1 Å². The van der Waals surface area contributed by atoms with Crippen LogP contribution in [-0.2, 0) is 4.79 Å². The van der Waals surface area contributed by atoms with Crippen molar-refractivity contribution in [3.63, 3.8) is 0 Å². The van der Waals surface area contributed by atoms with Crippen molar-refractivity contribution in [2.24, 2.45) is 4.99 Å². The SMILES string of the molecule is COc1ccc(C(C)C)c(N2C(=O)CSC2=NC(=O)NC(C)c2ccc(-c3ncn(-c4ccc(OC(F)(F)F)cc4)n3)cc2)c1. The van der Waals surface area contributed by atoms with Crippen molar-refractivity contribution in [2.45, 2.75) is 39.1 Å². The highest BCUT2D eigenvalue weighted by Crippen LogP contribution is 2.36. The number of hydrogen-bond acceptors (Lipinski definition) is 7. The fourth-order valence-electron chi connectivity index (χ4n) is 4.64. The summed E-state index contributed by atoms with van der Waals surface area (Å²) in [5, 5.41) is 7.56. The predicted molar refractivity (Wildman–Crippen MR) is 165 cm³/mol. The van der Waals surface area contributed by atoms with E-state index in [4.69, 9.17) is 4.74 Å². The van der Waals surface area contributed by atoms with Gasteiger partial charge in [0.1, 0.15) is 17.8 Å². The van der Waals surface area contributed by atoms with E-state index in [2.05, 4.69) is 25.1 Å². The van der Waals surface area contributed by atoms with Crippen LogP contribution in [0.3, 0.4) is 0 Å². The average molecular weight is 639 g/mol. The highest BCUT2D eigenvalue weighted by molar-refractivity contribution is 8.15. The standard InChI is InChI=1S/C31H29F3N6O4S/c1-18(2)25-14-13-24(43-4)15-26(25)40-27(41)16-45-30(40)37-29(42)36-19(3)20-5-7-21(8-6-20)28-35-17-39(38-28)22-9-11-23(12-10-22)44-31(32,33)34/h5-15,17-19H,16H2,1-4H3,(H,36,42). The lowest BCUT2D eigenvalue weighted by molar-refractivity contribution is -0.274. The minimum Gasteiger partial charge on any atom is -0.497 e. The third-order valence-corrected chi connectivity index (χ3v) is 7.82. The second-order valence-corrected chi connectivity index (χ2v) is 11.3. The number of aliphatic imine (C=N–C) groups is 1. The maximum Gasteiger partial charge on any atom is 0.573 e. The Morgan fingerprint density at radius 2 is 1.71 bits per heavy atom. The van der Waals surface area contributed by atoms with Gasteiger partial charge in [-0.2, -0.15) is 4.99 Å². The zero-order chi connectivity index (χ0) is 32.3. The molecular weight excluding hydrogens is 609 g/mol. The number of benzene rings is 3. The number of nitrogens with one attached hydrogen (secondary N) is 1. The number of urea groups is 1. The van der Waals surface area contributed by atoms with E-state index in [1.807, 2.05) is 45.0 Å². The van der Waals surface area contributed by atoms with Crippen LogP contribution in [0.5, 0.6) is 11.5 Å². The molecule has 1 aliphatic heterocycles. The lowest BCUT2D eigenvalue weighted by Gasteiger charge is -2.22. The van der Waals surface area contributed by atoms with Crippen LogP contribution < -0.4 is 19.7 Å². The monoisotopic (exact) mass is 638 g/mol. The number of carbonyl (C=O) groups is 2. The summed E-state index contributed by atoms with van der Waals surface area (Å²) in [6, 6.07) is 17.0. The molecule has 1 saturated heterocycles. The summed E-state index contributed by atoms with van der Waals surface area (Å²) in [4.78, 5) is 35.8. The fraction of sp³-hybridized carbons (Fsp3) is 0.258. The molecule has 1 unspecified atom stereocenters. The minimum absolute atomic E-state index is 0.125. The summed E-state index contributed by atoms with van der Waals surface area (Å²) in [6.45, 7) is 5.86. The number of carbonyl (C=O) groups excluding carboxylic acids is 2. The highest BCUT2D eigenvalue weighted by Gasteiger charge is 2.33. The largest absolute Gasteiger partial charge is 0.573 e. The number of aromatic nitrogens is 3. The third kappa shape index (κ3) is 7.45. The number of hydrogen-bond donors (Lipinski definition) is 1. The van der Waals surface area contributed by atoms with Crippen molar-refractivity contribution in [3.05, 3.63) is 84.2 Å². The molecule has 45 heavy (non-hydrogen) atoms. The first kappa shape index (κ1) is 31.6. The van der Waals surface area contributed by atoms with Gasteiger partial charge in [-0.15, -0.1) is 18.3 Å². The third-order valence-electron chi connectivity index (χ3n) is 6.90. The molecule has 0 aliphatic carbocycles. The van der Waals surface area contributed by atoms with Crippen molar-refractivity contribution in [1.29, 1.82) is 0 Å². The summed E-state index contributed by atoms with van der Waals surface area (Å²) in [6.07, 6.45) is -3.32. The van der Waals surface area contributed by atoms with E-state index in [0.29, 0.717) is 33.7 Å². The molecule has 5 rings (SSSR count). The Labute approximate surface area is 261 Å². The van der Waals surface area contributed by atoms with Crippen LogP contribution in [0.15, 0.2) is 78.0 Å². The van der Waals surface area contributed by atoms with E-state index in [1.165, 1.54) is 51.9 Å². The highest BCUT2D eigenvalue weighted by atomic mass is 32.2. The minimum atomic E-state index is -4.77. The summed E-state index contributed by atoms with van der Waals surface area (Å²) < 4.78 is 48.0. The molecule has 0 bridgehead atoms. The number of alkyl halides is 3. The molecule has 234 valence electrons. The van der Waals surface area contributed by atoms with E-state index in [0.717, 1.165) is 11.1 Å². The van der Waals surface area contributed by atoms with Crippen molar-refractivity contribution >= 4 is 34.6 Å². The lowest BCUT2D eigenvalue weighted by atomic mass is 10.00. The van der Waals surface area contributed by atoms with Crippen LogP contribution in [0.1, 0.15) is 43.9 Å². The van der Waals surface area contributed by atoms with E-state index >= 15 is 0 Å². The molecule has 1 atom stereocenters. The number of amidine groups is 1. The van der Waals surface area contributed by atoms with Crippen molar-refractivity contribution in [3.8, 4) is 28.6 Å². The zero-order valence-electron chi connectivity index (χ0n) is 24.7. The quantitative estimate of drug-likeness (QED) is 0.224. The second-order valence-electron chi connectivity index (χ2n) is 10.3. The van der Waals surface area contributed by atoms with Gasteiger partial charge < -0.3 is 14.8 Å². The molecule has 1 fully saturated rings. The Morgan fingerprint density at radius 3 is 2.36 bits per heavy atom. The van der Waals surface area contributed by atoms with E-state index in [1.54, 1.807) is 25.3 Å². The molecule has 4 aromatic rings. The first-order valence-corrected chi connectivity index (χ1v) is 14.8. The van der Waals surface area contributed by atoms with Crippen molar-refractivity contribution < 1.29 is 32.2 Å². The van der Waals surface area contributed by atoms with Crippen LogP contribution in [0.4, 0.5) is 23.7 Å². The Bertz CT molecular complexity index is 1720. The number of rotatable bonds is 8. The summed E-state index contributed by atoms with van der Waals surface area (Å²) in [5.41, 5.74) is 3.57. The Kier molecular flexibility index (Phi) is 9.14. The van der Waals surface area contributed by atoms with Crippen molar-refractivity contribution in [1.82, 2.24) is 20.1 Å². The van der Waals surface area contributed by atoms with E-state index in [9.17, 15) is 22.8 Å². The van der Waals surface area contributed by atoms with Gasteiger partial charge in [0.05, 0.1) is 30.3 Å². The number of ether oxygens (including phenoxy) is 2.